The number of anilines is 1. The van der Waals surface area contributed by atoms with Gasteiger partial charge < -0.3 is 0 Å². The zero-order valence-electron chi connectivity index (χ0n) is 13.4. The largest absolute Gasteiger partial charge is 0.299 e. The number of sulfonamides is 1. The molecule has 2 N–H and O–H groups in total. The van der Waals surface area contributed by atoms with E-state index in [2.05, 4.69) is 10.9 Å². The number of nitrogens with zero attached hydrogens (tertiary/aromatic N) is 1. The molecule has 0 radical (unpaired) electrons. The zero-order chi connectivity index (χ0) is 17.9. The van der Waals surface area contributed by atoms with E-state index in [4.69, 9.17) is 0 Å². The highest BCUT2D eigenvalue weighted by Crippen LogP contribution is 2.26. The first-order chi connectivity index (χ1) is 12.0. The predicted molar refractivity (Wildman–Crippen MR) is 91.5 cm³/mol. The van der Waals surface area contributed by atoms with Gasteiger partial charge in [-0.3, -0.25) is 15.6 Å². The highest BCUT2D eigenvalue weighted by Gasteiger charge is 2.39. The van der Waals surface area contributed by atoms with Crippen LogP contribution in [0.4, 0.5) is 10.1 Å². The topological polar surface area (TPSA) is 78.5 Å². The molecule has 1 saturated heterocycles. The molecule has 1 amide bonds. The number of hydrazine groups is 1. The predicted octanol–water partition coefficient (Wildman–Crippen LogP) is 2.12. The summed E-state index contributed by atoms with van der Waals surface area (Å²) in [5.74, 6) is -0.825. The van der Waals surface area contributed by atoms with Gasteiger partial charge in [0.25, 0.3) is 5.91 Å². The maximum atomic E-state index is 12.9. The number of carbonyl (C=O) groups excluding carboxylic acids is 1. The van der Waals surface area contributed by atoms with Crippen LogP contribution in [0, 0.1) is 5.82 Å². The SMILES string of the molecule is O=C(NNc1ccc(F)cc1)C1CCCN1S(=O)(=O)c1ccccc1. The van der Waals surface area contributed by atoms with Crippen molar-refractivity contribution in [1.82, 2.24) is 9.73 Å². The van der Waals surface area contributed by atoms with E-state index in [0.717, 1.165) is 0 Å². The van der Waals surface area contributed by atoms with Gasteiger partial charge in [-0.15, -0.1) is 0 Å². The lowest BCUT2D eigenvalue weighted by atomic mass is 10.2. The van der Waals surface area contributed by atoms with Crippen molar-refractivity contribution in [1.29, 1.82) is 0 Å². The first-order valence-corrected chi connectivity index (χ1v) is 9.31. The van der Waals surface area contributed by atoms with Crippen LogP contribution >= 0.6 is 0 Å². The van der Waals surface area contributed by atoms with Crippen LogP contribution in [0.15, 0.2) is 59.5 Å². The van der Waals surface area contributed by atoms with Gasteiger partial charge >= 0.3 is 0 Å². The molecular weight excluding hydrogens is 345 g/mol. The lowest BCUT2D eigenvalue weighted by Crippen LogP contribution is -2.47. The molecule has 1 atom stereocenters. The molecule has 1 aliphatic rings. The molecule has 2 aromatic carbocycles. The van der Waals surface area contributed by atoms with Gasteiger partial charge in [0, 0.05) is 6.54 Å². The average Bonchev–Trinajstić information content (AvgIpc) is 3.12. The molecule has 132 valence electrons. The van der Waals surface area contributed by atoms with Crippen LogP contribution in [0.1, 0.15) is 12.8 Å². The van der Waals surface area contributed by atoms with Crippen molar-refractivity contribution in [3.05, 3.63) is 60.4 Å². The first-order valence-electron chi connectivity index (χ1n) is 7.87. The molecule has 0 aliphatic carbocycles. The van der Waals surface area contributed by atoms with E-state index in [1.54, 1.807) is 18.2 Å². The second-order valence-electron chi connectivity index (χ2n) is 5.71. The van der Waals surface area contributed by atoms with Gasteiger partial charge in [0.15, 0.2) is 0 Å². The van der Waals surface area contributed by atoms with E-state index < -0.39 is 22.0 Å². The first kappa shape index (κ1) is 17.4. The Labute approximate surface area is 145 Å². The Bertz CT molecular complexity index is 841. The molecule has 3 rings (SSSR count). The van der Waals surface area contributed by atoms with Crippen molar-refractivity contribution in [3.8, 4) is 0 Å². The van der Waals surface area contributed by atoms with Crippen molar-refractivity contribution in [2.24, 2.45) is 0 Å². The van der Waals surface area contributed by atoms with E-state index in [-0.39, 0.29) is 10.7 Å². The quantitative estimate of drug-likeness (QED) is 0.798. The molecule has 1 fully saturated rings. The van der Waals surface area contributed by atoms with Crippen LogP contribution in [0.5, 0.6) is 0 Å². The number of halogens is 1. The van der Waals surface area contributed by atoms with E-state index in [1.807, 2.05) is 0 Å². The maximum absolute atomic E-state index is 12.9. The summed E-state index contributed by atoms with van der Waals surface area (Å²) in [6, 6.07) is 12.7. The number of rotatable bonds is 5. The summed E-state index contributed by atoms with van der Waals surface area (Å²) in [6.07, 6.45) is 1.06. The van der Waals surface area contributed by atoms with E-state index in [9.17, 15) is 17.6 Å². The van der Waals surface area contributed by atoms with Crippen LogP contribution in [-0.4, -0.2) is 31.2 Å². The molecule has 2 aromatic rings. The number of nitrogens with one attached hydrogen (secondary N) is 2. The Morgan fingerprint density at radius 1 is 1.08 bits per heavy atom. The van der Waals surface area contributed by atoms with Crippen LogP contribution < -0.4 is 10.9 Å². The van der Waals surface area contributed by atoms with Gasteiger partial charge in [-0.05, 0) is 49.2 Å². The summed E-state index contributed by atoms with van der Waals surface area (Å²) in [5.41, 5.74) is 5.67. The number of hydrogen-bond donors (Lipinski definition) is 2. The number of amides is 1. The standard InChI is InChI=1S/C17H18FN3O3S/c18-13-8-10-14(11-9-13)19-20-17(22)16-7-4-12-21(16)25(23,24)15-5-2-1-3-6-15/h1-3,5-6,8-11,16,19H,4,7,12H2,(H,20,22). The normalized spacial score (nSPS) is 18.0. The van der Waals surface area contributed by atoms with Gasteiger partial charge in [0.2, 0.25) is 10.0 Å². The number of carbonyl (C=O) groups is 1. The summed E-state index contributed by atoms with van der Waals surface area (Å²) in [7, 11) is -3.73. The minimum atomic E-state index is -3.73. The number of benzene rings is 2. The van der Waals surface area contributed by atoms with Gasteiger partial charge in [0.05, 0.1) is 10.6 Å². The minimum Gasteiger partial charge on any atom is -0.299 e. The Balaban J connectivity index is 1.70. The maximum Gasteiger partial charge on any atom is 0.256 e. The fourth-order valence-corrected chi connectivity index (χ4v) is 4.45. The van der Waals surface area contributed by atoms with Gasteiger partial charge in [-0.2, -0.15) is 4.31 Å². The van der Waals surface area contributed by atoms with Crippen LogP contribution in [0.2, 0.25) is 0 Å². The second-order valence-corrected chi connectivity index (χ2v) is 7.60. The van der Waals surface area contributed by atoms with Crippen molar-refractivity contribution in [2.45, 2.75) is 23.8 Å². The fraction of sp³-hybridized carbons (Fsp3) is 0.235. The van der Waals surface area contributed by atoms with E-state index >= 15 is 0 Å². The lowest BCUT2D eigenvalue weighted by molar-refractivity contribution is -0.123. The summed E-state index contributed by atoms with van der Waals surface area (Å²) >= 11 is 0. The number of hydrogen-bond acceptors (Lipinski definition) is 4. The third-order valence-corrected chi connectivity index (χ3v) is 5.95. The van der Waals surface area contributed by atoms with Gasteiger partial charge in [-0.25, -0.2) is 12.8 Å². The van der Waals surface area contributed by atoms with Crippen molar-refractivity contribution < 1.29 is 17.6 Å². The fourth-order valence-electron chi connectivity index (χ4n) is 2.77. The smallest absolute Gasteiger partial charge is 0.256 e. The molecule has 1 aliphatic heterocycles. The third-order valence-electron chi connectivity index (χ3n) is 4.03. The molecule has 1 heterocycles. The summed E-state index contributed by atoms with van der Waals surface area (Å²) in [5, 5.41) is 0. The van der Waals surface area contributed by atoms with Crippen LogP contribution in [-0.2, 0) is 14.8 Å². The highest BCUT2D eigenvalue weighted by atomic mass is 32.2. The molecule has 1 unspecified atom stereocenters. The molecule has 0 bridgehead atoms. The van der Waals surface area contributed by atoms with Gasteiger partial charge in [0.1, 0.15) is 11.9 Å². The Morgan fingerprint density at radius 2 is 1.76 bits per heavy atom. The molecule has 0 saturated carbocycles. The lowest BCUT2D eigenvalue weighted by Gasteiger charge is -2.23. The molecule has 6 nitrogen and oxygen atoms in total. The average molecular weight is 363 g/mol. The van der Waals surface area contributed by atoms with Gasteiger partial charge in [-0.1, -0.05) is 18.2 Å². The molecule has 0 spiro atoms. The van der Waals surface area contributed by atoms with E-state index in [0.29, 0.717) is 25.1 Å². The van der Waals surface area contributed by atoms with Crippen LogP contribution in [0.3, 0.4) is 0 Å². The monoisotopic (exact) mass is 363 g/mol. The Morgan fingerprint density at radius 3 is 2.44 bits per heavy atom. The van der Waals surface area contributed by atoms with Crippen molar-refractivity contribution >= 4 is 21.6 Å². The molecule has 25 heavy (non-hydrogen) atoms. The summed E-state index contributed by atoms with van der Waals surface area (Å²) in [6.45, 7) is 0.297. The highest BCUT2D eigenvalue weighted by molar-refractivity contribution is 7.89. The molecule has 8 heteroatoms. The van der Waals surface area contributed by atoms with E-state index in [1.165, 1.54) is 40.7 Å². The minimum absolute atomic E-state index is 0.168. The third kappa shape index (κ3) is 3.80. The zero-order valence-corrected chi connectivity index (χ0v) is 14.2. The summed E-state index contributed by atoms with van der Waals surface area (Å²) in [4.78, 5) is 12.6. The molecule has 0 aromatic heterocycles. The van der Waals surface area contributed by atoms with Crippen LogP contribution in [0.25, 0.3) is 0 Å². The molecular formula is C17H18FN3O3S. The summed E-state index contributed by atoms with van der Waals surface area (Å²) < 4.78 is 39.6. The van der Waals surface area contributed by atoms with Crippen molar-refractivity contribution in [2.75, 3.05) is 12.0 Å². The Kier molecular flexibility index (Phi) is 5.00. The van der Waals surface area contributed by atoms with Crippen molar-refractivity contribution in [3.63, 3.8) is 0 Å². The Hall–Kier alpha value is -2.45. The second kappa shape index (κ2) is 7.20.